The van der Waals surface area contributed by atoms with Crippen molar-refractivity contribution < 1.29 is 18.1 Å². The van der Waals surface area contributed by atoms with Crippen LogP contribution in [0.5, 0.6) is 0 Å². The van der Waals surface area contributed by atoms with Gasteiger partial charge in [-0.15, -0.1) is 0 Å². The molecule has 0 radical (unpaired) electrons. The molecule has 0 saturated carbocycles. The molecule has 2 aromatic rings. The fourth-order valence-electron chi connectivity index (χ4n) is 1.46. The summed E-state index contributed by atoms with van der Waals surface area (Å²) in [5, 5.41) is 3.68. The van der Waals surface area contributed by atoms with Gasteiger partial charge in [-0.2, -0.15) is 4.98 Å². The quantitative estimate of drug-likeness (QED) is 0.863. The van der Waals surface area contributed by atoms with Crippen LogP contribution in [-0.4, -0.2) is 22.3 Å². The molecular formula is C12H9BrF2N2O2. The van der Waals surface area contributed by atoms with Gasteiger partial charge < -0.3 is 4.52 Å². The Bertz CT molecular complexity index is 614. The van der Waals surface area contributed by atoms with Crippen molar-refractivity contribution in [2.24, 2.45) is 0 Å². The molecule has 0 aliphatic rings. The molecule has 2 rings (SSSR count). The summed E-state index contributed by atoms with van der Waals surface area (Å²) in [6, 6.07) is 5.51. The van der Waals surface area contributed by atoms with Crippen LogP contribution in [0.4, 0.5) is 8.78 Å². The Morgan fingerprint density at radius 2 is 2.21 bits per heavy atom. The second-order valence-electron chi connectivity index (χ2n) is 3.94. The zero-order chi connectivity index (χ0) is 14.0. The van der Waals surface area contributed by atoms with Crippen molar-refractivity contribution in [1.82, 2.24) is 10.1 Å². The largest absolute Gasteiger partial charge is 0.338 e. The van der Waals surface area contributed by atoms with E-state index in [1.165, 1.54) is 0 Å². The van der Waals surface area contributed by atoms with Crippen molar-refractivity contribution in [2.75, 3.05) is 0 Å². The van der Waals surface area contributed by atoms with E-state index in [1.807, 2.05) is 19.1 Å². The van der Waals surface area contributed by atoms with Gasteiger partial charge in [0.1, 0.15) is 0 Å². The first-order chi connectivity index (χ1) is 8.97. The van der Waals surface area contributed by atoms with Gasteiger partial charge in [-0.1, -0.05) is 27.2 Å². The van der Waals surface area contributed by atoms with Crippen LogP contribution in [-0.2, 0) is 11.2 Å². The molecule has 0 N–H and O–H groups in total. The average Bonchev–Trinajstić information content (AvgIpc) is 2.77. The molecule has 4 nitrogen and oxygen atoms in total. The summed E-state index contributed by atoms with van der Waals surface area (Å²) >= 11 is 3.36. The molecule has 0 aliphatic heterocycles. The van der Waals surface area contributed by atoms with Crippen LogP contribution in [0.3, 0.4) is 0 Å². The third kappa shape index (κ3) is 3.23. The van der Waals surface area contributed by atoms with E-state index in [4.69, 9.17) is 4.52 Å². The topological polar surface area (TPSA) is 56.0 Å². The molecule has 0 aliphatic carbocycles. The van der Waals surface area contributed by atoms with Crippen molar-refractivity contribution in [3.8, 4) is 11.4 Å². The maximum Gasteiger partial charge on any atom is 0.296 e. The molecule has 0 amide bonds. The zero-order valence-corrected chi connectivity index (χ0v) is 11.4. The van der Waals surface area contributed by atoms with E-state index in [0.29, 0.717) is 5.56 Å². The molecule has 0 atom stereocenters. The second kappa shape index (κ2) is 5.56. The molecule has 0 saturated heterocycles. The molecule has 1 aromatic carbocycles. The molecular weight excluding hydrogens is 322 g/mol. The number of halogens is 3. The number of benzene rings is 1. The maximum absolute atomic E-state index is 12.1. The molecule has 7 heteroatoms. The molecule has 0 bridgehead atoms. The van der Waals surface area contributed by atoms with Crippen LogP contribution in [0.1, 0.15) is 11.5 Å². The number of nitrogens with zero attached hydrogens (tertiary/aromatic N) is 2. The van der Waals surface area contributed by atoms with E-state index < -0.39 is 18.6 Å². The Kier molecular flexibility index (Phi) is 4.04. The van der Waals surface area contributed by atoms with Gasteiger partial charge in [-0.3, -0.25) is 4.79 Å². The van der Waals surface area contributed by atoms with Gasteiger partial charge in [-0.25, -0.2) is 8.78 Å². The molecule has 100 valence electrons. The van der Waals surface area contributed by atoms with Gasteiger partial charge in [0.15, 0.2) is 0 Å². The summed E-state index contributed by atoms with van der Waals surface area (Å²) in [5.41, 5.74) is 1.72. The number of rotatable bonds is 4. The highest BCUT2D eigenvalue weighted by Gasteiger charge is 2.20. The number of alkyl halides is 2. The maximum atomic E-state index is 12.1. The summed E-state index contributed by atoms with van der Waals surface area (Å²) in [6.45, 7) is 1.93. The van der Waals surface area contributed by atoms with Crippen molar-refractivity contribution in [2.45, 2.75) is 19.8 Å². The van der Waals surface area contributed by atoms with Gasteiger partial charge in [0, 0.05) is 10.0 Å². The van der Waals surface area contributed by atoms with E-state index in [0.717, 1.165) is 10.0 Å². The lowest BCUT2D eigenvalue weighted by molar-refractivity contribution is -0.129. The Balaban J connectivity index is 2.23. The van der Waals surface area contributed by atoms with Gasteiger partial charge in [0.2, 0.25) is 17.5 Å². The highest BCUT2D eigenvalue weighted by Crippen LogP contribution is 2.27. The van der Waals surface area contributed by atoms with E-state index in [-0.39, 0.29) is 11.7 Å². The summed E-state index contributed by atoms with van der Waals surface area (Å²) in [7, 11) is 0. The van der Waals surface area contributed by atoms with Crippen LogP contribution in [0, 0.1) is 6.92 Å². The lowest BCUT2D eigenvalue weighted by Gasteiger charge is -1.99. The normalized spacial score (nSPS) is 11.0. The first kappa shape index (κ1) is 13.8. The molecule has 1 aromatic heterocycles. The number of ketones is 1. The van der Waals surface area contributed by atoms with Crippen LogP contribution in [0.25, 0.3) is 11.4 Å². The number of carbonyl (C=O) groups excluding carboxylic acids is 1. The highest BCUT2D eigenvalue weighted by molar-refractivity contribution is 9.10. The molecule has 0 unspecified atom stereocenters. The number of Topliss-reactive ketones (excluding diaryl/α,β-unsaturated/α-hetero) is 1. The molecule has 0 fully saturated rings. The van der Waals surface area contributed by atoms with Gasteiger partial charge in [0.25, 0.3) is 6.43 Å². The first-order valence-electron chi connectivity index (χ1n) is 5.37. The Labute approximate surface area is 115 Å². The Hall–Kier alpha value is -1.63. The first-order valence-corrected chi connectivity index (χ1v) is 6.16. The number of hydrogen-bond acceptors (Lipinski definition) is 4. The lowest BCUT2D eigenvalue weighted by atomic mass is 10.1. The summed E-state index contributed by atoms with van der Waals surface area (Å²) in [5.74, 6) is -1.10. The van der Waals surface area contributed by atoms with E-state index in [9.17, 15) is 13.6 Å². The van der Waals surface area contributed by atoms with Gasteiger partial charge in [0.05, 0.1) is 6.42 Å². The smallest absolute Gasteiger partial charge is 0.296 e. The number of hydrogen-bond donors (Lipinski definition) is 0. The van der Waals surface area contributed by atoms with E-state index in [2.05, 4.69) is 26.1 Å². The van der Waals surface area contributed by atoms with E-state index >= 15 is 0 Å². The zero-order valence-electron chi connectivity index (χ0n) is 9.86. The summed E-state index contributed by atoms with van der Waals surface area (Å²) in [6.07, 6.45) is -3.59. The average molecular weight is 331 g/mol. The fourth-order valence-corrected chi connectivity index (χ4v) is 2.13. The number of aromatic nitrogens is 2. The Morgan fingerprint density at radius 1 is 1.47 bits per heavy atom. The van der Waals surface area contributed by atoms with Crippen molar-refractivity contribution in [3.05, 3.63) is 34.1 Å². The minimum atomic E-state index is -3.03. The monoisotopic (exact) mass is 330 g/mol. The number of aryl methyl sites for hydroxylation is 1. The van der Waals surface area contributed by atoms with Gasteiger partial charge in [-0.05, 0) is 24.6 Å². The molecule has 1 heterocycles. The highest BCUT2D eigenvalue weighted by atomic mass is 79.9. The second-order valence-corrected chi connectivity index (χ2v) is 4.79. The summed E-state index contributed by atoms with van der Waals surface area (Å²) in [4.78, 5) is 14.8. The molecule has 19 heavy (non-hydrogen) atoms. The summed E-state index contributed by atoms with van der Waals surface area (Å²) < 4.78 is 29.8. The third-order valence-electron chi connectivity index (χ3n) is 2.40. The van der Waals surface area contributed by atoms with Crippen molar-refractivity contribution in [3.63, 3.8) is 0 Å². The molecule has 0 spiro atoms. The van der Waals surface area contributed by atoms with Crippen LogP contribution in [0.2, 0.25) is 0 Å². The number of carbonyl (C=O) groups is 1. The minimum absolute atomic E-state index is 0.118. The van der Waals surface area contributed by atoms with Crippen molar-refractivity contribution in [1.29, 1.82) is 0 Å². The van der Waals surface area contributed by atoms with Gasteiger partial charge >= 0.3 is 0 Å². The lowest BCUT2D eigenvalue weighted by Crippen LogP contribution is -2.12. The Morgan fingerprint density at radius 3 is 2.84 bits per heavy atom. The van der Waals surface area contributed by atoms with Crippen LogP contribution >= 0.6 is 15.9 Å². The van der Waals surface area contributed by atoms with Crippen LogP contribution < -0.4 is 0 Å². The SMILES string of the molecule is Cc1ccc(-c2noc(CC(=O)C(F)F)n2)c(Br)c1. The van der Waals surface area contributed by atoms with E-state index in [1.54, 1.807) is 6.07 Å². The van der Waals surface area contributed by atoms with Crippen molar-refractivity contribution >= 4 is 21.7 Å². The fraction of sp³-hybridized carbons (Fsp3) is 0.250. The minimum Gasteiger partial charge on any atom is -0.338 e. The predicted octanol–water partition coefficient (Wildman–Crippen LogP) is 3.18. The standard InChI is InChI=1S/C12H9BrF2N2O2/c1-6-2-3-7(8(13)4-6)12-16-10(19-17-12)5-9(18)11(14)15/h2-4,11H,5H2,1H3. The predicted molar refractivity (Wildman–Crippen MR) is 66.9 cm³/mol. The third-order valence-corrected chi connectivity index (χ3v) is 3.06. The van der Waals surface area contributed by atoms with Crippen LogP contribution in [0.15, 0.2) is 27.2 Å².